The summed E-state index contributed by atoms with van der Waals surface area (Å²) in [7, 11) is -1.24. The average molecular weight is 487 g/mol. The number of hydrogen-bond acceptors (Lipinski definition) is 8. The third kappa shape index (κ3) is 4.11. The molecule has 0 saturated carbocycles. The Morgan fingerprint density at radius 1 is 1.00 bits per heavy atom. The molecule has 0 spiro atoms. The van der Waals surface area contributed by atoms with Gasteiger partial charge >= 0.3 is 14.5 Å². The highest BCUT2D eigenvalue weighted by Gasteiger charge is 2.68. The molecule has 0 aliphatic carbocycles. The normalized spacial score (nSPS) is 42.1. The van der Waals surface area contributed by atoms with Gasteiger partial charge in [-0.1, -0.05) is 41.5 Å². The molecule has 0 N–H and O–H groups in total. The lowest BCUT2D eigenvalue weighted by Crippen LogP contribution is -2.71. The molecule has 7 atom stereocenters. The lowest BCUT2D eigenvalue weighted by molar-refractivity contribution is -0.290. The number of methoxy groups -OCH3 is 1. The Morgan fingerprint density at radius 3 is 2.21 bits per heavy atom. The highest BCUT2D eigenvalue weighted by atomic mass is 28.4. The van der Waals surface area contributed by atoms with Crippen molar-refractivity contribution in [3.05, 3.63) is 0 Å². The fraction of sp³-hybridized carbons (Fsp3) is 0.958. The molecule has 190 valence electrons. The molecule has 4 saturated heterocycles. The number of hydrogen-bond donors (Lipinski definition) is 0. The van der Waals surface area contributed by atoms with Gasteiger partial charge in [-0.05, 0) is 20.8 Å². The lowest BCUT2D eigenvalue weighted by atomic mass is 9.79. The van der Waals surface area contributed by atoms with Gasteiger partial charge in [-0.3, -0.25) is 4.79 Å². The fourth-order valence-electron chi connectivity index (χ4n) is 6.43. The van der Waals surface area contributed by atoms with Gasteiger partial charge in [0.25, 0.3) is 0 Å². The van der Waals surface area contributed by atoms with Crippen LogP contribution in [0.4, 0.5) is 0 Å². The van der Waals surface area contributed by atoms with Crippen molar-refractivity contribution in [2.45, 2.75) is 133 Å². The lowest BCUT2D eigenvalue weighted by Gasteiger charge is -2.58. The van der Waals surface area contributed by atoms with E-state index in [9.17, 15) is 4.79 Å². The van der Waals surface area contributed by atoms with Crippen LogP contribution in [0.3, 0.4) is 0 Å². The molecule has 8 nitrogen and oxygen atoms in total. The summed E-state index contributed by atoms with van der Waals surface area (Å²) in [5, 5.41) is -0.224. The molecule has 4 aliphatic heterocycles. The Bertz CT molecular complexity index is 757. The molecule has 4 fully saturated rings. The van der Waals surface area contributed by atoms with Crippen molar-refractivity contribution in [3.63, 3.8) is 0 Å². The molecular weight excluding hydrogens is 444 g/mol. The molecule has 33 heavy (non-hydrogen) atoms. The van der Waals surface area contributed by atoms with Crippen molar-refractivity contribution < 1.29 is 37.3 Å². The van der Waals surface area contributed by atoms with Crippen LogP contribution in [0.15, 0.2) is 0 Å². The molecule has 0 aromatic heterocycles. The number of esters is 1. The minimum absolute atomic E-state index is 0.0902. The van der Waals surface area contributed by atoms with Gasteiger partial charge in [0.2, 0.25) is 0 Å². The number of ether oxygens (including phenoxy) is 5. The van der Waals surface area contributed by atoms with Gasteiger partial charge in [0.05, 0.1) is 38.4 Å². The summed E-state index contributed by atoms with van der Waals surface area (Å²) in [6, 6.07) is 0. The first-order valence-electron chi connectivity index (χ1n) is 12.1. The summed E-state index contributed by atoms with van der Waals surface area (Å²) in [6.45, 7) is 19.4. The highest BCUT2D eigenvalue weighted by molar-refractivity contribution is 6.73. The van der Waals surface area contributed by atoms with Crippen molar-refractivity contribution >= 4 is 14.5 Å². The van der Waals surface area contributed by atoms with E-state index < -0.39 is 26.1 Å². The van der Waals surface area contributed by atoms with E-state index in [4.69, 9.17) is 32.5 Å². The van der Waals surface area contributed by atoms with Gasteiger partial charge in [-0.2, -0.15) is 0 Å². The van der Waals surface area contributed by atoms with E-state index in [2.05, 4.69) is 41.5 Å². The van der Waals surface area contributed by atoms with Crippen LogP contribution in [-0.2, 0) is 37.3 Å². The van der Waals surface area contributed by atoms with E-state index in [1.54, 1.807) is 0 Å². The predicted molar refractivity (Wildman–Crippen MR) is 123 cm³/mol. The van der Waals surface area contributed by atoms with Crippen molar-refractivity contribution in [2.24, 2.45) is 0 Å². The van der Waals surface area contributed by atoms with E-state index in [-0.39, 0.29) is 53.0 Å². The Balaban J connectivity index is 1.62. The van der Waals surface area contributed by atoms with E-state index in [1.807, 2.05) is 20.8 Å². The van der Waals surface area contributed by atoms with Crippen LogP contribution < -0.4 is 0 Å². The van der Waals surface area contributed by atoms with Crippen LogP contribution in [0, 0.1) is 0 Å². The molecule has 9 heteroatoms. The SMILES string of the molecule is COC(=O)C[C@@H]1O[C@@H]2C[C@@H]3O[Si](C(C)(C)C)(C(C)(C)C)OC[C@H]3O[C@H]2[C@H]2OC(C)(C)O[C@@]12C. The maximum Gasteiger partial charge on any atom is 0.349 e. The second-order valence-corrected chi connectivity index (χ2v) is 17.4. The number of carbonyl (C=O) groups excluding carboxylic acids is 1. The first-order valence-corrected chi connectivity index (χ1v) is 13.9. The van der Waals surface area contributed by atoms with Crippen LogP contribution in [-0.4, -0.2) is 76.3 Å². The maximum absolute atomic E-state index is 12.2. The molecule has 0 bridgehead atoms. The molecule has 0 radical (unpaired) electrons. The van der Waals surface area contributed by atoms with E-state index >= 15 is 0 Å². The van der Waals surface area contributed by atoms with E-state index in [0.29, 0.717) is 13.0 Å². The van der Waals surface area contributed by atoms with Gasteiger partial charge in [0.15, 0.2) is 5.79 Å². The first-order chi connectivity index (χ1) is 15.0. The molecule has 4 heterocycles. The van der Waals surface area contributed by atoms with Crippen molar-refractivity contribution in [3.8, 4) is 0 Å². The zero-order chi connectivity index (χ0) is 24.6. The molecule has 4 aliphatic rings. The summed E-state index contributed by atoms with van der Waals surface area (Å²) < 4.78 is 44.3. The smallest absolute Gasteiger partial charge is 0.349 e. The number of carbonyl (C=O) groups is 1. The Kier molecular flexibility index (Phi) is 6.17. The zero-order valence-electron chi connectivity index (χ0n) is 21.9. The molecular formula is C24H42O8Si. The second-order valence-electron chi connectivity index (χ2n) is 12.6. The quantitative estimate of drug-likeness (QED) is 0.430. The van der Waals surface area contributed by atoms with Gasteiger partial charge in [-0.15, -0.1) is 0 Å². The minimum atomic E-state index is -2.63. The van der Waals surface area contributed by atoms with Crippen LogP contribution in [0.25, 0.3) is 0 Å². The summed E-state index contributed by atoms with van der Waals surface area (Å²) in [5.74, 6) is -1.15. The van der Waals surface area contributed by atoms with E-state index in [1.165, 1.54) is 7.11 Å². The van der Waals surface area contributed by atoms with E-state index in [0.717, 1.165) is 0 Å². The van der Waals surface area contributed by atoms with Crippen LogP contribution in [0.5, 0.6) is 0 Å². The van der Waals surface area contributed by atoms with Crippen molar-refractivity contribution in [2.75, 3.05) is 13.7 Å². The van der Waals surface area contributed by atoms with Crippen LogP contribution in [0.1, 0.15) is 75.2 Å². The summed E-state index contributed by atoms with van der Waals surface area (Å²) in [5.41, 5.74) is -0.836. The molecule has 0 amide bonds. The van der Waals surface area contributed by atoms with Crippen LogP contribution >= 0.6 is 0 Å². The third-order valence-electron chi connectivity index (χ3n) is 7.62. The monoisotopic (exact) mass is 486 g/mol. The maximum atomic E-state index is 12.2. The second kappa shape index (κ2) is 7.98. The number of rotatable bonds is 2. The fourth-order valence-corrected chi connectivity index (χ4v) is 11.4. The van der Waals surface area contributed by atoms with Crippen molar-refractivity contribution in [1.29, 1.82) is 0 Å². The Labute approximate surface area is 199 Å². The summed E-state index contributed by atoms with van der Waals surface area (Å²) in [6.07, 6.45) is -1.09. The van der Waals surface area contributed by atoms with Gasteiger partial charge in [0.1, 0.15) is 23.9 Å². The van der Waals surface area contributed by atoms with Gasteiger partial charge < -0.3 is 32.5 Å². The van der Waals surface area contributed by atoms with Gasteiger partial charge in [-0.25, -0.2) is 0 Å². The molecule has 0 unspecified atom stereocenters. The zero-order valence-corrected chi connectivity index (χ0v) is 22.9. The largest absolute Gasteiger partial charge is 0.469 e. The highest BCUT2D eigenvalue weighted by Crippen LogP contribution is 2.56. The third-order valence-corrected chi connectivity index (χ3v) is 12.8. The predicted octanol–water partition coefficient (Wildman–Crippen LogP) is 3.84. The van der Waals surface area contributed by atoms with Crippen molar-refractivity contribution in [1.82, 2.24) is 0 Å². The molecule has 0 aromatic carbocycles. The Morgan fingerprint density at radius 2 is 1.64 bits per heavy atom. The van der Waals surface area contributed by atoms with Gasteiger partial charge in [0, 0.05) is 16.5 Å². The first kappa shape index (κ1) is 25.5. The Hall–Kier alpha value is -0.553. The molecule has 0 aromatic rings. The topological polar surface area (TPSA) is 81.7 Å². The number of fused-ring (bicyclic) bond motifs is 4. The standard InChI is InChI=1S/C24H42O8Si/c1-21(2,3)33(22(4,5)6)27-13-16-14(31-33)11-15-19(29-16)20-24(9,32-23(7,8)30-20)17(28-15)12-18(25)26-10/h14-17,19-20H,11-13H2,1-10H3/t14-,15+,16+,17-,19+,20+,24-/m0/s1. The minimum Gasteiger partial charge on any atom is -0.469 e. The summed E-state index contributed by atoms with van der Waals surface area (Å²) in [4.78, 5) is 12.2. The summed E-state index contributed by atoms with van der Waals surface area (Å²) >= 11 is 0. The average Bonchev–Trinajstić information content (AvgIpc) is 2.94. The molecule has 4 rings (SSSR count). The van der Waals surface area contributed by atoms with Crippen LogP contribution in [0.2, 0.25) is 10.1 Å².